The number of carbonyl (C=O) groups is 1. The number of hydrogen-bond donors (Lipinski definition) is 2. The van der Waals surface area contributed by atoms with Gasteiger partial charge in [-0.3, -0.25) is 0 Å². The Morgan fingerprint density at radius 1 is 1.41 bits per heavy atom. The summed E-state index contributed by atoms with van der Waals surface area (Å²) in [6.07, 6.45) is 0.787. The van der Waals surface area contributed by atoms with Crippen molar-refractivity contribution < 1.29 is 24.1 Å². The molecule has 0 aromatic rings. The second-order valence-electron chi connectivity index (χ2n) is 3.97. The van der Waals surface area contributed by atoms with Crippen molar-refractivity contribution >= 4 is 5.97 Å². The van der Waals surface area contributed by atoms with Crippen molar-refractivity contribution in [3.05, 3.63) is 0 Å². The summed E-state index contributed by atoms with van der Waals surface area (Å²) in [6, 6.07) is 0. The van der Waals surface area contributed by atoms with Crippen LogP contribution in [0.15, 0.2) is 0 Å². The summed E-state index contributed by atoms with van der Waals surface area (Å²) in [5, 5.41) is 11.9. The highest BCUT2D eigenvalue weighted by atomic mass is 16.5. The van der Waals surface area contributed by atoms with Crippen LogP contribution in [0.1, 0.15) is 12.8 Å². The second-order valence-corrected chi connectivity index (χ2v) is 3.97. The Bertz CT molecular complexity index is 224. The zero-order valence-electron chi connectivity index (χ0n) is 10.2. The van der Waals surface area contributed by atoms with Crippen LogP contribution in [0, 0.1) is 0 Å². The highest BCUT2D eigenvalue weighted by Crippen LogP contribution is 2.18. The average molecular weight is 247 g/mol. The van der Waals surface area contributed by atoms with Crippen LogP contribution in [0.5, 0.6) is 0 Å². The van der Waals surface area contributed by atoms with Crippen LogP contribution in [0.4, 0.5) is 0 Å². The van der Waals surface area contributed by atoms with Gasteiger partial charge in [0.05, 0.1) is 25.9 Å². The lowest BCUT2D eigenvalue weighted by atomic mass is 10.2. The minimum atomic E-state index is -0.865. The van der Waals surface area contributed by atoms with Crippen molar-refractivity contribution in [1.82, 2.24) is 5.32 Å². The molecule has 2 atom stereocenters. The zero-order valence-corrected chi connectivity index (χ0v) is 10.2. The van der Waals surface area contributed by atoms with E-state index in [2.05, 4.69) is 5.32 Å². The van der Waals surface area contributed by atoms with Crippen molar-refractivity contribution in [3.8, 4) is 0 Å². The molecular weight excluding hydrogens is 226 g/mol. The normalized spacial score (nSPS) is 24.1. The summed E-state index contributed by atoms with van der Waals surface area (Å²) in [4.78, 5) is 10.6. The van der Waals surface area contributed by atoms with Gasteiger partial charge in [-0.25, -0.2) is 4.79 Å². The SMILES string of the molecule is COCCOCCNCC1CCC(C(=O)O)O1. The first-order chi connectivity index (χ1) is 8.24. The lowest BCUT2D eigenvalue weighted by Gasteiger charge is -2.12. The molecule has 1 aliphatic rings. The van der Waals surface area contributed by atoms with Gasteiger partial charge in [-0.2, -0.15) is 0 Å². The van der Waals surface area contributed by atoms with Gasteiger partial charge in [0, 0.05) is 20.2 Å². The van der Waals surface area contributed by atoms with E-state index >= 15 is 0 Å². The van der Waals surface area contributed by atoms with Gasteiger partial charge in [-0.15, -0.1) is 0 Å². The molecule has 2 unspecified atom stereocenters. The molecular formula is C11H21NO5. The standard InChI is InChI=1S/C11H21NO5/c1-15-6-7-16-5-4-12-8-9-2-3-10(17-9)11(13)14/h9-10,12H,2-8H2,1H3,(H,13,14). The fourth-order valence-electron chi connectivity index (χ4n) is 1.69. The van der Waals surface area contributed by atoms with E-state index in [1.807, 2.05) is 0 Å². The van der Waals surface area contributed by atoms with Crippen molar-refractivity contribution in [1.29, 1.82) is 0 Å². The number of hydrogen-bond acceptors (Lipinski definition) is 5. The molecule has 0 aromatic carbocycles. The molecule has 1 saturated heterocycles. The van der Waals surface area contributed by atoms with Crippen LogP contribution in [-0.4, -0.2) is 63.3 Å². The molecule has 1 fully saturated rings. The summed E-state index contributed by atoms with van der Waals surface area (Å²) in [5.41, 5.74) is 0. The Morgan fingerprint density at radius 3 is 2.88 bits per heavy atom. The lowest BCUT2D eigenvalue weighted by molar-refractivity contribution is -0.149. The van der Waals surface area contributed by atoms with E-state index < -0.39 is 12.1 Å². The first kappa shape index (κ1) is 14.4. The smallest absolute Gasteiger partial charge is 0.332 e. The van der Waals surface area contributed by atoms with Gasteiger partial charge < -0.3 is 24.6 Å². The topological polar surface area (TPSA) is 77.0 Å². The van der Waals surface area contributed by atoms with Gasteiger partial charge in [0.2, 0.25) is 0 Å². The van der Waals surface area contributed by atoms with Crippen LogP contribution in [0.25, 0.3) is 0 Å². The molecule has 0 radical (unpaired) electrons. The molecule has 100 valence electrons. The van der Waals surface area contributed by atoms with E-state index in [1.54, 1.807) is 7.11 Å². The summed E-state index contributed by atoms with van der Waals surface area (Å²) >= 11 is 0. The van der Waals surface area contributed by atoms with Gasteiger partial charge in [-0.1, -0.05) is 0 Å². The highest BCUT2D eigenvalue weighted by Gasteiger charge is 2.29. The molecule has 2 N–H and O–H groups in total. The molecule has 0 aromatic heterocycles. The molecule has 17 heavy (non-hydrogen) atoms. The molecule has 1 heterocycles. The Morgan fingerprint density at radius 2 is 2.24 bits per heavy atom. The zero-order chi connectivity index (χ0) is 12.5. The first-order valence-corrected chi connectivity index (χ1v) is 5.89. The van der Waals surface area contributed by atoms with Crippen LogP contribution in [0.2, 0.25) is 0 Å². The molecule has 6 nitrogen and oxygen atoms in total. The molecule has 0 bridgehead atoms. The van der Waals surface area contributed by atoms with E-state index in [-0.39, 0.29) is 6.10 Å². The Hall–Kier alpha value is -0.690. The number of carboxylic acids is 1. The van der Waals surface area contributed by atoms with E-state index in [4.69, 9.17) is 19.3 Å². The second kappa shape index (κ2) is 8.41. The van der Waals surface area contributed by atoms with Gasteiger partial charge in [0.25, 0.3) is 0 Å². The summed E-state index contributed by atoms with van der Waals surface area (Å²) < 4.78 is 15.5. The third-order valence-electron chi connectivity index (χ3n) is 2.61. The van der Waals surface area contributed by atoms with Gasteiger partial charge in [0.1, 0.15) is 0 Å². The van der Waals surface area contributed by atoms with Gasteiger partial charge >= 0.3 is 5.97 Å². The minimum Gasteiger partial charge on any atom is -0.479 e. The van der Waals surface area contributed by atoms with Crippen molar-refractivity contribution in [2.75, 3.05) is 40.0 Å². The molecule has 6 heteroatoms. The molecule has 0 amide bonds. The molecule has 0 saturated carbocycles. The maximum absolute atomic E-state index is 10.6. The lowest BCUT2D eigenvalue weighted by Crippen LogP contribution is -2.31. The summed E-state index contributed by atoms with van der Waals surface area (Å²) in [6.45, 7) is 3.24. The number of methoxy groups -OCH3 is 1. The Labute approximate surface area is 101 Å². The molecule has 1 rings (SSSR count). The monoisotopic (exact) mass is 247 g/mol. The molecule has 1 aliphatic heterocycles. The number of rotatable bonds is 9. The average Bonchev–Trinajstić information content (AvgIpc) is 2.77. The quantitative estimate of drug-likeness (QED) is 0.553. The summed E-state index contributed by atoms with van der Waals surface area (Å²) in [5.74, 6) is -0.865. The van der Waals surface area contributed by atoms with E-state index in [9.17, 15) is 4.79 Å². The van der Waals surface area contributed by atoms with E-state index in [0.717, 1.165) is 13.0 Å². The van der Waals surface area contributed by atoms with Crippen molar-refractivity contribution in [2.24, 2.45) is 0 Å². The number of carboxylic acid groups (broad SMARTS) is 1. The van der Waals surface area contributed by atoms with Gasteiger partial charge in [-0.05, 0) is 12.8 Å². The fraction of sp³-hybridized carbons (Fsp3) is 0.909. The van der Waals surface area contributed by atoms with Gasteiger partial charge in [0.15, 0.2) is 6.10 Å². The van der Waals surface area contributed by atoms with E-state index in [0.29, 0.717) is 32.8 Å². The van der Waals surface area contributed by atoms with Crippen LogP contribution < -0.4 is 5.32 Å². The third kappa shape index (κ3) is 5.97. The van der Waals surface area contributed by atoms with E-state index in [1.165, 1.54) is 0 Å². The first-order valence-electron chi connectivity index (χ1n) is 5.89. The molecule has 0 spiro atoms. The Kier molecular flexibility index (Phi) is 7.11. The fourth-order valence-corrected chi connectivity index (χ4v) is 1.69. The minimum absolute atomic E-state index is 0.00933. The van der Waals surface area contributed by atoms with Crippen LogP contribution in [0.3, 0.4) is 0 Å². The maximum Gasteiger partial charge on any atom is 0.332 e. The number of nitrogens with one attached hydrogen (secondary N) is 1. The Balaban J connectivity index is 1.92. The molecule has 0 aliphatic carbocycles. The van der Waals surface area contributed by atoms with Crippen molar-refractivity contribution in [3.63, 3.8) is 0 Å². The maximum atomic E-state index is 10.6. The third-order valence-corrected chi connectivity index (χ3v) is 2.61. The summed E-state index contributed by atoms with van der Waals surface area (Å²) in [7, 11) is 1.64. The van der Waals surface area contributed by atoms with Crippen LogP contribution in [-0.2, 0) is 19.0 Å². The van der Waals surface area contributed by atoms with Crippen LogP contribution >= 0.6 is 0 Å². The number of ether oxygens (including phenoxy) is 3. The predicted molar refractivity (Wildman–Crippen MR) is 61.1 cm³/mol. The largest absolute Gasteiger partial charge is 0.479 e. The predicted octanol–water partition coefficient (Wildman–Crippen LogP) is -0.129. The highest BCUT2D eigenvalue weighted by molar-refractivity contribution is 5.72. The van der Waals surface area contributed by atoms with Crippen molar-refractivity contribution in [2.45, 2.75) is 25.0 Å². The number of aliphatic carboxylic acids is 1.